The van der Waals surface area contributed by atoms with E-state index in [2.05, 4.69) is 27.0 Å². The third-order valence-electron chi connectivity index (χ3n) is 6.57. The number of hydrogen-bond acceptors (Lipinski definition) is 9. The number of ether oxygens (including phenoxy) is 1. The Bertz CT molecular complexity index is 1670. The number of nitrogens with two attached hydrogens (primary N) is 1. The summed E-state index contributed by atoms with van der Waals surface area (Å²) < 4.78 is 6.33. The van der Waals surface area contributed by atoms with Crippen molar-refractivity contribution in [2.75, 3.05) is 6.61 Å². The highest BCUT2D eigenvalue weighted by molar-refractivity contribution is 5.96. The minimum atomic E-state index is -1.27. The van der Waals surface area contributed by atoms with Crippen molar-refractivity contribution in [1.82, 2.24) is 24.9 Å². The maximum Gasteiger partial charge on any atom is 0.354 e. The molecule has 5 rings (SSSR count). The van der Waals surface area contributed by atoms with Gasteiger partial charge in [0.15, 0.2) is 5.69 Å². The number of carbonyl (C=O) groups is 3. The molecule has 2 aromatic carbocycles. The minimum Gasteiger partial charge on any atom is -0.477 e. The predicted octanol–water partition coefficient (Wildman–Crippen LogP) is 3.54. The van der Waals surface area contributed by atoms with Crippen molar-refractivity contribution in [1.29, 1.82) is 5.26 Å². The normalized spacial score (nSPS) is 13.0. The zero-order valence-electron chi connectivity index (χ0n) is 22.2. The highest BCUT2D eigenvalue weighted by atomic mass is 16.5. The number of nitrogens with one attached hydrogen (secondary N) is 1. The zero-order valence-corrected chi connectivity index (χ0v) is 22.2. The number of carboxylic acid groups (broad SMARTS) is 1. The van der Waals surface area contributed by atoms with Crippen LogP contribution in [0.3, 0.4) is 0 Å². The quantitative estimate of drug-likeness (QED) is 0.219. The Morgan fingerprint density at radius 2 is 2.00 bits per heavy atom. The second kappa shape index (κ2) is 13.8. The summed E-state index contributed by atoms with van der Waals surface area (Å²) in [5, 5.41) is 24.6. The van der Waals surface area contributed by atoms with Gasteiger partial charge in [-0.2, -0.15) is 19.9 Å². The first kappa shape index (κ1) is 31.1. The van der Waals surface area contributed by atoms with Crippen LogP contribution in [0.25, 0.3) is 5.78 Å². The van der Waals surface area contributed by atoms with Crippen LogP contribution in [-0.4, -0.2) is 49.1 Å². The molecule has 4 aromatic rings. The van der Waals surface area contributed by atoms with Crippen molar-refractivity contribution < 1.29 is 24.2 Å². The fourth-order valence-electron chi connectivity index (χ4n) is 4.49. The van der Waals surface area contributed by atoms with Crippen LogP contribution in [0.1, 0.15) is 79.0 Å². The summed E-state index contributed by atoms with van der Waals surface area (Å²) in [4.78, 5) is 44.3. The van der Waals surface area contributed by atoms with Gasteiger partial charge >= 0.3 is 11.9 Å². The summed E-state index contributed by atoms with van der Waals surface area (Å²) >= 11 is 0. The van der Waals surface area contributed by atoms with Crippen LogP contribution in [-0.2, 0) is 17.7 Å². The largest absolute Gasteiger partial charge is 0.477 e. The van der Waals surface area contributed by atoms with Crippen molar-refractivity contribution in [2.45, 2.75) is 39.8 Å². The molecule has 42 heavy (non-hydrogen) atoms. The first-order valence-electron chi connectivity index (χ1n) is 12.6. The van der Waals surface area contributed by atoms with E-state index in [1.54, 1.807) is 18.2 Å². The van der Waals surface area contributed by atoms with E-state index in [0.29, 0.717) is 30.5 Å². The van der Waals surface area contributed by atoms with Gasteiger partial charge in [0.05, 0.1) is 23.2 Å². The molecule has 1 aliphatic rings. The molecule has 0 aliphatic heterocycles. The van der Waals surface area contributed by atoms with E-state index in [9.17, 15) is 19.5 Å². The molecule has 0 saturated heterocycles. The number of esters is 1. The van der Waals surface area contributed by atoms with E-state index in [0.717, 1.165) is 22.3 Å². The molecule has 1 amide bonds. The predicted molar refractivity (Wildman–Crippen MR) is 154 cm³/mol. The van der Waals surface area contributed by atoms with E-state index >= 15 is 0 Å². The lowest BCUT2D eigenvalue weighted by Crippen LogP contribution is -2.29. The van der Waals surface area contributed by atoms with Crippen molar-refractivity contribution in [3.8, 4) is 6.07 Å². The summed E-state index contributed by atoms with van der Waals surface area (Å²) in [5.41, 5.74) is 10.0. The molecule has 2 heterocycles. The number of nitriles is 1. The van der Waals surface area contributed by atoms with Gasteiger partial charge in [-0.1, -0.05) is 38.3 Å². The molecule has 0 bridgehead atoms. The third kappa shape index (κ3) is 6.65. The van der Waals surface area contributed by atoms with Gasteiger partial charge < -0.3 is 20.9 Å². The van der Waals surface area contributed by atoms with Crippen molar-refractivity contribution in [2.24, 2.45) is 5.73 Å². The number of amides is 1. The molecule has 216 valence electrons. The van der Waals surface area contributed by atoms with Gasteiger partial charge in [0, 0.05) is 12.6 Å². The van der Waals surface area contributed by atoms with Crippen LogP contribution in [0.2, 0.25) is 0 Å². The average molecular weight is 570 g/mol. The summed E-state index contributed by atoms with van der Waals surface area (Å²) in [5.74, 6) is -2.16. The Labute approximate surface area is 242 Å². The van der Waals surface area contributed by atoms with E-state index in [-0.39, 0.29) is 37.2 Å². The molecule has 4 N–H and O–H groups in total. The molecule has 0 spiro atoms. The number of aromatic carboxylic acids is 1. The lowest BCUT2D eigenvalue weighted by atomic mass is 9.98. The molecule has 12 nitrogen and oxygen atoms in total. The average Bonchev–Trinajstić information content (AvgIpc) is 3.63. The molecular formula is C30H31N7O5. The zero-order chi connectivity index (χ0) is 29.5. The number of nitrogens with zero attached hydrogens (tertiary/aromatic N) is 5. The Morgan fingerprint density at radius 1 is 1.26 bits per heavy atom. The van der Waals surface area contributed by atoms with Crippen LogP contribution in [0.4, 0.5) is 0 Å². The Balaban J connectivity index is 0.000000374. The molecule has 0 radical (unpaired) electrons. The fraction of sp³-hybridized carbons (Fsp3) is 0.233. The highest BCUT2D eigenvalue weighted by Gasteiger charge is 2.29. The van der Waals surface area contributed by atoms with E-state index < -0.39 is 17.8 Å². The molecule has 12 heteroatoms. The number of carbonyl (C=O) groups excluding carboxylic acids is 2. The number of carboxylic acids is 1. The molecule has 1 atom stereocenters. The van der Waals surface area contributed by atoms with Crippen molar-refractivity contribution in [3.05, 3.63) is 106 Å². The van der Waals surface area contributed by atoms with Crippen LogP contribution in [0, 0.1) is 18.3 Å². The Hall–Kier alpha value is -5.41. The minimum absolute atomic E-state index is 0. The second-order valence-corrected chi connectivity index (χ2v) is 9.07. The van der Waals surface area contributed by atoms with Crippen molar-refractivity contribution in [3.63, 3.8) is 0 Å². The molecule has 0 unspecified atom stereocenters. The number of benzene rings is 2. The van der Waals surface area contributed by atoms with Gasteiger partial charge in [0.1, 0.15) is 18.6 Å². The summed E-state index contributed by atoms with van der Waals surface area (Å²) in [6, 6.07) is 13.7. The lowest BCUT2D eigenvalue weighted by molar-refractivity contribution is 0.0548. The van der Waals surface area contributed by atoms with Gasteiger partial charge in [-0.15, -0.1) is 0 Å². The lowest BCUT2D eigenvalue weighted by Gasteiger charge is -2.16. The van der Waals surface area contributed by atoms with Gasteiger partial charge in [0.2, 0.25) is 0 Å². The SMILES string of the molecule is C.C=CCOC(=O)c1ccc2c(c1C)CC[C@@H]2NC(=O)c1cc(C(=O)O)nc2ncnn12.N#Cc1ccc(CN)cc1. The monoisotopic (exact) mass is 569 g/mol. The number of fused-ring (bicyclic) bond motifs is 2. The van der Waals surface area contributed by atoms with Gasteiger partial charge in [0.25, 0.3) is 11.7 Å². The van der Waals surface area contributed by atoms with Crippen LogP contribution in [0.5, 0.6) is 0 Å². The van der Waals surface area contributed by atoms with E-state index in [1.165, 1.54) is 23.0 Å². The standard InChI is InChI=1S/C21H19N5O5.C8H8N2.CH4/c1-3-8-31-20(30)13-4-5-14-12(11(13)2)6-7-15(14)24-18(27)17-9-16(19(28)29)25-21-22-10-23-26(17)21;9-5-7-1-2-8(6-10)4-3-7;/h3-5,9-10,15H,1,6-8H2,2H3,(H,24,27)(H,28,29);1-4H,5,9H2;1H4/t15-;;/m0../s1. The Kier molecular flexibility index (Phi) is 10.2. The van der Waals surface area contributed by atoms with Gasteiger partial charge in [-0.05, 0) is 60.2 Å². The van der Waals surface area contributed by atoms with E-state index in [1.807, 2.05) is 31.2 Å². The van der Waals surface area contributed by atoms with Gasteiger partial charge in [-0.25, -0.2) is 14.6 Å². The third-order valence-corrected chi connectivity index (χ3v) is 6.57. The highest BCUT2D eigenvalue weighted by Crippen LogP contribution is 2.35. The number of rotatable bonds is 7. The summed E-state index contributed by atoms with van der Waals surface area (Å²) in [6.45, 7) is 6.06. The van der Waals surface area contributed by atoms with Gasteiger partial charge in [-0.3, -0.25) is 4.79 Å². The number of hydrogen-bond donors (Lipinski definition) is 3. The summed E-state index contributed by atoms with van der Waals surface area (Å²) in [6.07, 6.45) is 4.04. The maximum absolute atomic E-state index is 13.0. The fourth-order valence-corrected chi connectivity index (χ4v) is 4.49. The second-order valence-electron chi connectivity index (χ2n) is 9.07. The topological polar surface area (TPSA) is 186 Å². The van der Waals surface area contributed by atoms with Crippen LogP contribution in [0.15, 0.2) is 61.4 Å². The molecule has 2 aromatic heterocycles. The Morgan fingerprint density at radius 3 is 2.64 bits per heavy atom. The molecule has 1 aliphatic carbocycles. The number of aromatic nitrogens is 4. The first-order chi connectivity index (χ1) is 19.8. The van der Waals surface area contributed by atoms with E-state index in [4.69, 9.17) is 15.7 Å². The van der Waals surface area contributed by atoms with Crippen LogP contribution >= 0.6 is 0 Å². The smallest absolute Gasteiger partial charge is 0.354 e. The molecular weight excluding hydrogens is 538 g/mol. The molecule has 0 fully saturated rings. The van der Waals surface area contributed by atoms with Crippen molar-refractivity contribution >= 4 is 23.6 Å². The summed E-state index contributed by atoms with van der Waals surface area (Å²) in [7, 11) is 0. The first-order valence-corrected chi connectivity index (χ1v) is 12.6. The maximum atomic E-state index is 13.0. The molecule has 0 saturated carbocycles. The van der Waals surface area contributed by atoms with Crippen LogP contribution < -0.4 is 11.1 Å².